The van der Waals surface area contributed by atoms with Crippen LogP contribution < -0.4 is 4.74 Å². The first-order valence-electron chi connectivity index (χ1n) is 16.1. The van der Waals surface area contributed by atoms with E-state index in [0.717, 1.165) is 59.7 Å². The van der Waals surface area contributed by atoms with Gasteiger partial charge in [-0.25, -0.2) is 23.4 Å². The number of carbonyl (C=O) groups is 1. The summed E-state index contributed by atoms with van der Waals surface area (Å²) in [7, 11) is 0. The molecule has 0 radical (unpaired) electrons. The highest BCUT2D eigenvalue weighted by Gasteiger charge is 2.26. The second kappa shape index (κ2) is 12.5. The number of rotatable bonds is 6. The van der Waals surface area contributed by atoms with Crippen LogP contribution in [-0.2, 0) is 14.2 Å². The number of pyridine rings is 2. The molecule has 244 valence electrons. The SMILES string of the molecule is CC(Oc1ccc2c(c1)c(-c1ccc(C3=CCOCC3)nc1)nn2C1CCCCO1)c1c(F)cnc2c1ccn2C(=O)OC(C)(C)C. The number of hydrogen-bond donors (Lipinski definition) is 0. The van der Waals surface area contributed by atoms with Crippen LogP contribution >= 0.6 is 0 Å². The summed E-state index contributed by atoms with van der Waals surface area (Å²) in [5.74, 6) is 0.0185. The number of halogens is 1. The van der Waals surface area contributed by atoms with Crippen LogP contribution in [0.4, 0.5) is 9.18 Å². The van der Waals surface area contributed by atoms with Crippen molar-refractivity contribution >= 4 is 33.6 Å². The highest BCUT2D eigenvalue weighted by Crippen LogP contribution is 2.37. The van der Waals surface area contributed by atoms with Gasteiger partial charge >= 0.3 is 6.09 Å². The molecule has 0 N–H and O–H groups in total. The first-order valence-corrected chi connectivity index (χ1v) is 16.1. The zero-order chi connectivity index (χ0) is 32.7. The van der Waals surface area contributed by atoms with Crippen molar-refractivity contribution in [3.63, 3.8) is 0 Å². The fourth-order valence-electron chi connectivity index (χ4n) is 6.24. The van der Waals surface area contributed by atoms with Gasteiger partial charge in [-0.2, -0.15) is 5.10 Å². The van der Waals surface area contributed by atoms with E-state index in [1.807, 2.05) is 41.2 Å². The lowest BCUT2D eigenvalue weighted by atomic mass is 10.0. The maximum Gasteiger partial charge on any atom is 0.420 e. The molecule has 6 heterocycles. The van der Waals surface area contributed by atoms with Crippen molar-refractivity contribution in [3.05, 3.63) is 78.1 Å². The molecule has 7 rings (SSSR count). The van der Waals surface area contributed by atoms with Crippen molar-refractivity contribution in [3.8, 4) is 17.0 Å². The number of carbonyl (C=O) groups excluding carboxylic acids is 1. The Bertz CT molecular complexity index is 1970. The number of ether oxygens (including phenoxy) is 4. The first kappa shape index (κ1) is 31.0. The predicted octanol–water partition coefficient (Wildman–Crippen LogP) is 8.01. The van der Waals surface area contributed by atoms with Crippen LogP contribution in [0.5, 0.6) is 5.75 Å². The zero-order valence-corrected chi connectivity index (χ0v) is 27.0. The van der Waals surface area contributed by atoms with E-state index >= 15 is 4.39 Å². The predicted molar refractivity (Wildman–Crippen MR) is 176 cm³/mol. The lowest BCUT2D eigenvalue weighted by Gasteiger charge is -2.23. The van der Waals surface area contributed by atoms with E-state index in [4.69, 9.17) is 29.0 Å². The lowest BCUT2D eigenvalue weighted by molar-refractivity contribution is -0.0365. The summed E-state index contributed by atoms with van der Waals surface area (Å²) >= 11 is 0. The number of fused-ring (bicyclic) bond motifs is 2. The third-order valence-electron chi connectivity index (χ3n) is 8.45. The maximum atomic E-state index is 15.4. The summed E-state index contributed by atoms with van der Waals surface area (Å²) in [5, 5.41) is 6.40. The highest BCUT2D eigenvalue weighted by molar-refractivity contribution is 5.94. The van der Waals surface area contributed by atoms with Crippen LogP contribution in [0.2, 0.25) is 0 Å². The second-order valence-electron chi connectivity index (χ2n) is 13.0. The van der Waals surface area contributed by atoms with Gasteiger partial charge in [0.15, 0.2) is 6.23 Å². The smallest absolute Gasteiger partial charge is 0.420 e. The van der Waals surface area contributed by atoms with Crippen molar-refractivity contribution in [2.45, 2.75) is 71.3 Å². The van der Waals surface area contributed by atoms with Gasteiger partial charge in [0, 0.05) is 40.9 Å². The minimum atomic E-state index is -0.707. The minimum absolute atomic E-state index is 0.168. The summed E-state index contributed by atoms with van der Waals surface area (Å²) in [4.78, 5) is 21.8. The molecule has 47 heavy (non-hydrogen) atoms. The Kier molecular flexibility index (Phi) is 8.27. The fraction of sp³-hybridized carbons (Fsp3) is 0.389. The van der Waals surface area contributed by atoms with E-state index in [-0.39, 0.29) is 6.23 Å². The number of aromatic nitrogens is 5. The highest BCUT2D eigenvalue weighted by atomic mass is 19.1. The van der Waals surface area contributed by atoms with Crippen LogP contribution in [-0.4, -0.2) is 55.8 Å². The van der Waals surface area contributed by atoms with Gasteiger partial charge in [0.1, 0.15) is 34.6 Å². The van der Waals surface area contributed by atoms with Gasteiger partial charge < -0.3 is 18.9 Å². The van der Waals surface area contributed by atoms with Crippen molar-refractivity contribution in [1.29, 1.82) is 0 Å². The van der Waals surface area contributed by atoms with E-state index < -0.39 is 23.6 Å². The fourth-order valence-corrected chi connectivity index (χ4v) is 6.24. The van der Waals surface area contributed by atoms with E-state index in [9.17, 15) is 4.79 Å². The topological polar surface area (TPSA) is 103 Å². The average molecular weight is 640 g/mol. The van der Waals surface area contributed by atoms with Crippen LogP contribution in [0.25, 0.3) is 38.8 Å². The molecule has 4 aromatic heterocycles. The lowest BCUT2D eigenvalue weighted by Crippen LogP contribution is -2.26. The number of benzene rings is 1. The van der Waals surface area contributed by atoms with Crippen molar-refractivity contribution in [1.82, 2.24) is 24.3 Å². The monoisotopic (exact) mass is 639 g/mol. The van der Waals surface area contributed by atoms with Crippen LogP contribution in [0.3, 0.4) is 0 Å². The largest absolute Gasteiger partial charge is 0.486 e. The van der Waals surface area contributed by atoms with Crippen LogP contribution in [0, 0.1) is 5.82 Å². The van der Waals surface area contributed by atoms with Gasteiger partial charge in [-0.05, 0) is 95.3 Å². The maximum absolute atomic E-state index is 15.4. The van der Waals surface area contributed by atoms with Crippen molar-refractivity contribution < 1.29 is 28.1 Å². The van der Waals surface area contributed by atoms with Gasteiger partial charge in [-0.3, -0.25) is 4.98 Å². The minimum Gasteiger partial charge on any atom is -0.486 e. The Balaban J connectivity index is 1.23. The van der Waals surface area contributed by atoms with E-state index in [1.165, 1.54) is 10.1 Å². The molecule has 0 spiro atoms. The van der Waals surface area contributed by atoms with Crippen LogP contribution in [0.1, 0.15) is 77.0 Å². The Morgan fingerprint density at radius 3 is 2.66 bits per heavy atom. The third kappa shape index (κ3) is 6.25. The van der Waals surface area contributed by atoms with E-state index in [0.29, 0.717) is 42.2 Å². The molecule has 2 atom stereocenters. The van der Waals surface area contributed by atoms with Crippen molar-refractivity contribution in [2.75, 3.05) is 19.8 Å². The summed E-state index contributed by atoms with van der Waals surface area (Å²) < 4.78 is 42.1. The first-order chi connectivity index (χ1) is 22.7. The molecule has 2 unspecified atom stereocenters. The Hall–Kier alpha value is -4.61. The molecule has 0 aliphatic carbocycles. The van der Waals surface area contributed by atoms with Crippen LogP contribution in [0.15, 0.2) is 61.1 Å². The molecular formula is C36H38FN5O5. The Morgan fingerprint density at radius 1 is 1.06 bits per heavy atom. The molecule has 10 nitrogen and oxygen atoms in total. The zero-order valence-electron chi connectivity index (χ0n) is 27.0. The summed E-state index contributed by atoms with van der Waals surface area (Å²) in [5.41, 5.74) is 4.56. The Labute approximate surface area is 272 Å². The third-order valence-corrected chi connectivity index (χ3v) is 8.45. The Morgan fingerprint density at radius 2 is 1.94 bits per heavy atom. The van der Waals surface area contributed by atoms with Gasteiger partial charge in [0.25, 0.3) is 0 Å². The summed E-state index contributed by atoms with van der Waals surface area (Å²) in [6, 6.07) is 11.5. The van der Waals surface area contributed by atoms with E-state index in [1.54, 1.807) is 40.0 Å². The van der Waals surface area contributed by atoms with Gasteiger partial charge in [-0.1, -0.05) is 6.08 Å². The molecule has 2 aliphatic heterocycles. The molecule has 0 saturated carbocycles. The van der Waals surface area contributed by atoms with Gasteiger partial charge in [0.05, 0.1) is 30.6 Å². The normalized spacial score (nSPS) is 17.9. The summed E-state index contributed by atoms with van der Waals surface area (Å²) in [6.07, 6.45) is 8.93. The molecular weight excluding hydrogens is 601 g/mol. The molecule has 1 fully saturated rings. The number of hydrogen-bond acceptors (Lipinski definition) is 8. The number of nitrogens with zero attached hydrogens (tertiary/aromatic N) is 5. The summed E-state index contributed by atoms with van der Waals surface area (Å²) in [6.45, 7) is 9.12. The van der Waals surface area contributed by atoms with Gasteiger partial charge in [0.2, 0.25) is 0 Å². The quantitative estimate of drug-likeness (QED) is 0.184. The molecule has 5 aromatic rings. The molecule has 0 amide bonds. The average Bonchev–Trinajstić information content (AvgIpc) is 3.67. The van der Waals surface area contributed by atoms with E-state index in [2.05, 4.69) is 11.1 Å². The molecule has 2 aliphatic rings. The van der Waals surface area contributed by atoms with Gasteiger partial charge in [-0.15, -0.1) is 0 Å². The second-order valence-corrected chi connectivity index (χ2v) is 13.0. The molecule has 11 heteroatoms. The molecule has 0 bridgehead atoms. The molecule has 1 aromatic carbocycles. The standard InChI is InChI=1S/C36H38FN5O5/c1-22(32-26-12-15-41(34(26)39-21-28(32)37)35(43)47-36(2,3)4)46-25-9-11-30-27(19-25)33(40-42(30)31-7-5-6-16-45-31)24-8-10-29(38-20-24)23-13-17-44-18-14-23/h8-13,15,19-22,31H,5-7,14,16-18H2,1-4H3. The van der Waals surface area contributed by atoms with Crippen molar-refractivity contribution in [2.24, 2.45) is 0 Å². The molecule has 1 saturated heterocycles.